The van der Waals surface area contributed by atoms with E-state index in [4.69, 9.17) is 9.47 Å². The van der Waals surface area contributed by atoms with Crippen LogP contribution in [0.25, 0.3) is 26.9 Å². The zero-order valence-corrected chi connectivity index (χ0v) is 30.8. The van der Waals surface area contributed by atoms with Gasteiger partial charge in [0.25, 0.3) is 0 Å². The van der Waals surface area contributed by atoms with Gasteiger partial charge in [0, 0.05) is 15.0 Å². The quantitative estimate of drug-likeness (QED) is 0.165. The van der Waals surface area contributed by atoms with Gasteiger partial charge >= 0.3 is 0 Å². The van der Waals surface area contributed by atoms with Crippen molar-refractivity contribution in [2.45, 2.75) is 67.7 Å². The van der Waals surface area contributed by atoms with E-state index in [9.17, 15) is 0 Å². The van der Waals surface area contributed by atoms with Gasteiger partial charge in [-0.05, 0) is 139 Å². The molecule has 1 aromatic heterocycles. The first-order chi connectivity index (χ1) is 23.6. The molecule has 3 nitrogen and oxygen atoms in total. The number of anilines is 1. The normalized spacial score (nSPS) is 17.4. The summed E-state index contributed by atoms with van der Waals surface area (Å²) >= 11 is 1.94. The minimum atomic E-state index is 0.184. The number of hydrogen-bond acceptors (Lipinski definition) is 4. The molecule has 0 N–H and O–H groups in total. The Hall–Kier alpha value is -4.54. The molecule has 7 rings (SSSR count). The molecule has 49 heavy (non-hydrogen) atoms. The average molecular weight is 666 g/mol. The molecular weight excluding hydrogens is 619 g/mol. The molecule has 0 fully saturated rings. The van der Waals surface area contributed by atoms with Crippen LogP contribution in [0.4, 0.5) is 5.69 Å². The van der Waals surface area contributed by atoms with Crippen molar-refractivity contribution in [2.24, 2.45) is 5.41 Å². The highest BCUT2D eigenvalue weighted by Gasteiger charge is 2.28. The number of fused-ring (bicyclic) bond motifs is 3. The lowest BCUT2D eigenvalue weighted by Gasteiger charge is -2.30. The summed E-state index contributed by atoms with van der Waals surface area (Å²) in [6, 6.07) is 23.7. The van der Waals surface area contributed by atoms with Crippen LogP contribution in [0, 0.1) is 33.1 Å². The van der Waals surface area contributed by atoms with Crippen molar-refractivity contribution in [2.75, 3.05) is 18.1 Å². The van der Waals surface area contributed by atoms with E-state index < -0.39 is 0 Å². The van der Waals surface area contributed by atoms with Crippen molar-refractivity contribution in [1.29, 1.82) is 0 Å². The minimum absolute atomic E-state index is 0.184. The van der Waals surface area contributed by atoms with E-state index >= 15 is 0 Å². The van der Waals surface area contributed by atoms with E-state index in [2.05, 4.69) is 150 Å². The first kappa shape index (κ1) is 33.0. The molecule has 5 aromatic rings. The first-order valence-corrected chi connectivity index (χ1v) is 18.4. The van der Waals surface area contributed by atoms with E-state index in [0.717, 1.165) is 47.7 Å². The predicted molar refractivity (Wildman–Crippen MR) is 210 cm³/mol. The lowest BCUT2D eigenvalue weighted by atomic mass is 9.75. The van der Waals surface area contributed by atoms with Gasteiger partial charge in [0.15, 0.2) is 5.75 Å². The van der Waals surface area contributed by atoms with Gasteiger partial charge in [0.05, 0.1) is 12.2 Å². The highest BCUT2D eigenvalue weighted by Crippen LogP contribution is 2.43. The van der Waals surface area contributed by atoms with Crippen LogP contribution in [-0.4, -0.2) is 13.2 Å². The number of ether oxygens (including phenoxy) is 2. The summed E-state index contributed by atoms with van der Waals surface area (Å²) in [5, 5.41) is 3.74. The molecule has 4 heteroatoms. The summed E-state index contributed by atoms with van der Waals surface area (Å²) < 4.78 is 14.2. The Bertz CT molecular complexity index is 2190. The third-order valence-corrected chi connectivity index (χ3v) is 11.2. The van der Waals surface area contributed by atoms with Gasteiger partial charge in [-0.1, -0.05) is 81.5 Å². The summed E-state index contributed by atoms with van der Waals surface area (Å²) in [7, 11) is 0. The van der Waals surface area contributed by atoms with Crippen LogP contribution in [0.1, 0.15) is 66.3 Å². The fraction of sp³-hybridized carbons (Fsp3) is 0.289. The molecule has 0 unspecified atom stereocenters. The van der Waals surface area contributed by atoms with Crippen LogP contribution in [0.15, 0.2) is 108 Å². The topological polar surface area (TPSA) is 21.7 Å². The number of nitrogens with zero attached hydrogens (tertiary/aromatic N) is 1. The van der Waals surface area contributed by atoms with Gasteiger partial charge in [0.1, 0.15) is 12.4 Å². The van der Waals surface area contributed by atoms with Gasteiger partial charge in [-0.2, -0.15) is 0 Å². The summed E-state index contributed by atoms with van der Waals surface area (Å²) in [4.78, 5) is 3.65. The molecule has 0 saturated heterocycles. The molecule has 0 bridgehead atoms. The average Bonchev–Trinajstić information content (AvgIpc) is 3.56. The molecule has 0 spiro atoms. The Morgan fingerprint density at radius 2 is 1.63 bits per heavy atom. The largest absolute Gasteiger partial charge is 0.491 e. The summed E-state index contributed by atoms with van der Waals surface area (Å²) in [6.07, 6.45) is 14.6. The number of thiophene rings is 1. The van der Waals surface area contributed by atoms with Gasteiger partial charge in [-0.15, -0.1) is 11.3 Å². The second-order valence-electron chi connectivity index (χ2n) is 14.5. The molecule has 0 atom stereocenters. The maximum Gasteiger partial charge on any atom is 0.200 e. The van der Waals surface area contributed by atoms with E-state index in [0.29, 0.717) is 13.2 Å². The number of rotatable bonds is 8. The molecule has 2 aliphatic rings. The van der Waals surface area contributed by atoms with Crippen LogP contribution in [0.3, 0.4) is 0 Å². The molecular formula is C45H47NO2S. The van der Waals surface area contributed by atoms with Crippen LogP contribution < -0.4 is 14.4 Å². The van der Waals surface area contributed by atoms with Crippen LogP contribution in [0.5, 0.6) is 11.5 Å². The van der Waals surface area contributed by atoms with Gasteiger partial charge < -0.3 is 14.4 Å². The fourth-order valence-corrected chi connectivity index (χ4v) is 8.66. The third kappa shape index (κ3) is 6.85. The van der Waals surface area contributed by atoms with E-state index in [-0.39, 0.29) is 5.41 Å². The second kappa shape index (κ2) is 13.4. The number of allylic oxidation sites excluding steroid dienone is 6. The minimum Gasteiger partial charge on any atom is -0.491 e. The van der Waals surface area contributed by atoms with Crippen molar-refractivity contribution >= 4 is 44.0 Å². The monoisotopic (exact) mass is 665 g/mol. The standard InChI is InChI=1S/C45H47NO2S/c1-8-36-38-21-29(2)32(5)24-42(38)49-43(36)26-34-25-33(27-45(6,7)28-34)13-11-18-44-46(39-22-30(3)31(4)23-41(39)48-44)19-20-47-40-17-12-15-35-14-9-10-16-37(35)40/h9-18,21-26H,8,19-20,27-28H2,1-7H3/b13-11+,34-26?,44-18+. The van der Waals surface area contributed by atoms with Gasteiger partial charge in [0.2, 0.25) is 5.88 Å². The molecule has 4 aromatic carbocycles. The summed E-state index contributed by atoms with van der Waals surface area (Å²) in [5.74, 6) is 2.64. The molecule has 0 radical (unpaired) electrons. The maximum atomic E-state index is 6.48. The lowest BCUT2D eigenvalue weighted by Crippen LogP contribution is -2.26. The van der Waals surface area contributed by atoms with E-state index in [1.165, 1.54) is 59.3 Å². The van der Waals surface area contributed by atoms with E-state index in [1.54, 1.807) is 0 Å². The van der Waals surface area contributed by atoms with Crippen molar-refractivity contribution in [3.8, 4) is 11.5 Å². The molecule has 0 saturated carbocycles. The zero-order valence-electron chi connectivity index (χ0n) is 29.9. The van der Waals surface area contributed by atoms with Gasteiger partial charge in [-0.3, -0.25) is 0 Å². The Morgan fingerprint density at radius 1 is 0.878 bits per heavy atom. The number of benzene rings is 4. The summed E-state index contributed by atoms with van der Waals surface area (Å²) in [6.45, 7) is 17.0. The Morgan fingerprint density at radius 3 is 2.47 bits per heavy atom. The number of hydrogen-bond donors (Lipinski definition) is 0. The van der Waals surface area contributed by atoms with Crippen LogP contribution in [0.2, 0.25) is 0 Å². The molecule has 0 amide bonds. The molecule has 1 aliphatic heterocycles. The molecule has 1 aliphatic carbocycles. The zero-order chi connectivity index (χ0) is 34.3. The van der Waals surface area contributed by atoms with E-state index in [1.807, 2.05) is 11.3 Å². The molecule has 250 valence electrons. The fourth-order valence-electron chi connectivity index (χ4n) is 7.31. The van der Waals surface area contributed by atoms with Crippen molar-refractivity contribution in [3.63, 3.8) is 0 Å². The molecule has 2 heterocycles. The van der Waals surface area contributed by atoms with Crippen molar-refractivity contribution in [3.05, 3.63) is 141 Å². The SMILES string of the molecule is CCc1c(C=C2C=C(/C=C/C=C3/Oc4cc(C)c(C)cc4N3CCOc3cccc4ccccc34)CC(C)(C)C2)sc2cc(C)c(C)cc12. The predicted octanol–water partition coefficient (Wildman–Crippen LogP) is 12.4. The lowest BCUT2D eigenvalue weighted by molar-refractivity contribution is 0.325. The second-order valence-corrected chi connectivity index (χ2v) is 15.6. The Balaban J connectivity index is 1.15. The Kier molecular flexibility index (Phi) is 9.02. The van der Waals surface area contributed by atoms with Crippen LogP contribution >= 0.6 is 11.3 Å². The first-order valence-electron chi connectivity index (χ1n) is 17.6. The van der Waals surface area contributed by atoms with Crippen molar-refractivity contribution < 1.29 is 9.47 Å². The third-order valence-electron chi connectivity index (χ3n) is 10.1. The smallest absolute Gasteiger partial charge is 0.200 e. The highest BCUT2D eigenvalue weighted by molar-refractivity contribution is 7.20. The maximum absolute atomic E-state index is 6.48. The highest BCUT2D eigenvalue weighted by atomic mass is 32.1. The Labute approximate surface area is 295 Å². The number of aryl methyl sites for hydroxylation is 5. The summed E-state index contributed by atoms with van der Waals surface area (Å²) in [5.41, 5.74) is 10.7. The van der Waals surface area contributed by atoms with Crippen LogP contribution in [-0.2, 0) is 6.42 Å². The van der Waals surface area contributed by atoms with Crippen molar-refractivity contribution in [1.82, 2.24) is 0 Å². The van der Waals surface area contributed by atoms with Gasteiger partial charge in [-0.25, -0.2) is 0 Å².